The Balaban J connectivity index is 3.05. The molecule has 23 heavy (non-hydrogen) atoms. The van der Waals surface area contributed by atoms with Gasteiger partial charge in [-0.3, -0.25) is 4.79 Å². The first-order valence-electron chi connectivity index (χ1n) is 8.26. The number of Topliss-reactive ketones (excluding diaryl/α,β-unsaturated/α-hetero) is 1. The van der Waals surface area contributed by atoms with Gasteiger partial charge in [0.15, 0.2) is 5.78 Å². The highest BCUT2D eigenvalue weighted by molar-refractivity contribution is 6.03. The van der Waals surface area contributed by atoms with E-state index in [0.717, 1.165) is 43.7 Å². The summed E-state index contributed by atoms with van der Waals surface area (Å²) in [5.74, 6) is -1.22. The summed E-state index contributed by atoms with van der Waals surface area (Å²) in [7, 11) is 0. The normalized spacial score (nSPS) is 10.6. The first kappa shape index (κ1) is 19.1. The number of phenolic OH excluding ortho intramolecular Hbond substituents is 3. The zero-order valence-corrected chi connectivity index (χ0v) is 14.6. The maximum Gasteiger partial charge on any atom is 0.170 e. The van der Waals surface area contributed by atoms with Gasteiger partial charge < -0.3 is 15.3 Å². The third kappa shape index (κ3) is 4.75. The minimum absolute atomic E-state index is 0.0890. The molecular weight excluding hydrogens is 292 g/mol. The first-order chi connectivity index (χ1) is 10.8. The number of hydrogen-bond donors (Lipinski definition) is 3. The summed E-state index contributed by atoms with van der Waals surface area (Å²) in [6, 6.07) is 1.13. The Morgan fingerprint density at radius 2 is 1.48 bits per heavy atom. The number of phenols is 3. The highest BCUT2D eigenvalue weighted by atomic mass is 16.3. The van der Waals surface area contributed by atoms with Crippen LogP contribution in [-0.4, -0.2) is 21.1 Å². The Kier molecular flexibility index (Phi) is 7.14. The minimum atomic E-state index is -0.371. The molecule has 4 nitrogen and oxygen atoms in total. The average molecular weight is 320 g/mol. The van der Waals surface area contributed by atoms with Gasteiger partial charge in [-0.2, -0.15) is 0 Å². The third-order valence-electron chi connectivity index (χ3n) is 4.17. The smallest absolute Gasteiger partial charge is 0.170 e. The molecule has 0 aliphatic heterocycles. The van der Waals surface area contributed by atoms with Crippen LogP contribution < -0.4 is 0 Å². The van der Waals surface area contributed by atoms with Crippen molar-refractivity contribution >= 4 is 11.4 Å². The fourth-order valence-corrected chi connectivity index (χ4v) is 2.55. The molecule has 0 unspecified atom stereocenters. The third-order valence-corrected chi connectivity index (χ3v) is 4.17. The minimum Gasteiger partial charge on any atom is -0.507 e. The van der Waals surface area contributed by atoms with Crippen LogP contribution in [0, 0.1) is 0 Å². The zero-order chi connectivity index (χ0) is 17.6. The van der Waals surface area contributed by atoms with Crippen LogP contribution in [0.5, 0.6) is 17.2 Å². The Labute approximate surface area is 138 Å². The van der Waals surface area contributed by atoms with Crippen molar-refractivity contribution in [2.45, 2.75) is 66.2 Å². The Morgan fingerprint density at radius 3 is 2.04 bits per heavy atom. The molecule has 0 fully saturated rings. The molecule has 0 saturated carbocycles. The van der Waals surface area contributed by atoms with Crippen LogP contribution in [-0.2, 0) is 0 Å². The molecule has 0 heterocycles. The Bertz CT molecular complexity index is 596. The molecule has 0 saturated heterocycles. The molecule has 0 spiro atoms. The maximum atomic E-state index is 12.4. The van der Waals surface area contributed by atoms with Gasteiger partial charge in [0.05, 0.1) is 5.56 Å². The van der Waals surface area contributed by atoms with E-state index in [9.17, 15) is 20.1 Å². The second kappa shape index (κ2) is 8.61. The largest absolute Gasteiger partial charge is 0.507 e. The molecule has 0 bridgehead atoms. The molecule has 0 aliphatic rings. The summed E-state index contributed by atoms with van der Waals surface area (Å²) < 4.78 is 0. The molecule has 1 aromatic rings. The number of ketones is 1. The monoisotopic (exact) mass is 320 g/mol. The molecule has 1 aromatic carbocycles. The van der Waals surface area contributed by atoms with Crippen molar-refractivity contribution in [3.05, 3.63) is 22.8 Å². The van der Waals surface area contributed by atoms with Crippen LogP contribution in [0.15, 0.2) is 11.6 Å². The number of aromatic hydroxyl groups is 3. The van der Waals surface area contributed by atoms with Gasteiger partial charge >= 0.3 is 0 Å². The number of rotatable bonds is 8. The topological polar surface area (TPSA) is 77.8 Å². The zero-order valence-electron chi connectivity index (χ0n) is 14.6. The van der Waals surface area contributed by atoms with Gasteiger partial charge in [0, 0.05) is 12.5 Å². The van der Waals surface area contributed by atoms with Crippen molar-refractivity contribution in [1.29, 1.82) is 0 Å². The van der Waals surface area contributed by atoms with Gasteiger partial charge in [-0.15, -0.1) is 0 Å². The predicted molar refractivity (Wildman–Crippen MR) is 93.1 cm³/mol. The average Bonchev–Trinajstić information content (AvgIpc) is 2.46. The van der Waals surface area contributed by atoms with Crippen LogP contribution in [0.25, 0.3) is 5.57 Å². The number of hydrogen-bond acceptors (Lipinski definition) is 4. The van der Waals surface area contributed by atoms with Crippen molar-refractivity contribution in [1.82, 2.24) is 0 Å². The van der Waals surface area contributed by atoms with Crippen LogP contribution in [0.2, 0.25) is 0 Å². The lowest BCUT2D eigenvalue weighted by Crippen LogP contribution is -2.02. The van der Waals surface area contributed by atoms with E-state index in [1.807, 2.05) is 13.8 Å². The lowest BCUT2D eigenvalue weighted by Gasteiger charge is -2.14. The van der Waals surface area contributed by atoms with Gasteiger partial charge in [-0.05, 0) is 32.8 Å². The van der Waals surface area contributed by atoms with Gasteiger partial charge in [-0.25, -0.2) is 0 Å². The number of allylic oxidation sites excluding steroid dienone is 2. The summed E-state index contributed by atoms with van der Waals surface area (Å²) in [4.78, 5) is 12.4. The Hall–Kier alpha value is -1.97. The van der Waals surface area contributed by atoms with Crippen LogP contribution in [0.3, 0.4) is 0 Å². The van der Waals surface area contributed by atoms with E-state index in [1.54, 1.807) is 6.92 Å². The molecule has 1 rings (SSSR count). The van der Waals surface area contributed by atoms with E-state index in [1.165, 1.54) is 0 Å². The van der Waals surface area contributed by atoms with E-state index in [0.29, 0.717) is 5.57 Å². The van der Waals surface area contributed by atoms with Crippen molar-refractivity contribution in [2.24, 2.45) is 0 Å². The quantitative estimate of drug-likeness (QED) is 0.456. The fourth-order valence-electron chi connectivity index (χ4n) is 2.55. The molecule has 0 atom stereocenters. The highest BCUT2D eigenvalue weighted by Crippen LogP contribution is 2.42. The predicted octanol–water partition coefficient (Wildman–Crippen LogP) is 5.16. The number of unbranched alkanes of at least 4 members (excludes halogenated alkanes) is 4. The van der Waals surface area contributed by atoms with E-state index in [2.05, 4.69) is 6.92 Å². The van der Waals surface area contributed by atoms with Crippen LogP contribution >= 0.6 is 0 Å². The highest BCUT2D eigenvalue weighted by Gasteiger charge is 2.23. The second-order valence-corrected chi connectivity index (χ2v) is 6.23. The summed E-state index contributed by atoms with van der Waals surface area (Å²) >= 11 is 0. The van der Waals surface area contributed by atoms with Gasteiger partial charge in [-0.1, -0.05) is 38.2 Å². The molecule has 0 radical (unpaired) electrons. The number of carbonyl (C=O) groups is 1. The fraction of sp³-hybridized carbons (Fsp3) is 0.526. The molecule has 128 valence electrons. The maximum absolute atomic E-state index is 12.4. The lowest BCUT2D eigenvalue weighted by molar-refractivity contribution is 0.0973. The second-order valence-electron chi connectivity index (χ2n) is 6.23. The molecule has 0 aromatic heterocycles. The van der Waals surface area contributed by atoms with E-state index in [-0.39, 0.29) is 40.6 Å². The van der Waals surface area contributed by atoms with Gasteiger partial charge in [0.2, 0.25) is 0 Å². The summed E-state index contributed by atoms with van der Waals surface area (Å²) in [6.45, 7) is 7.61. The molecule has 4 heteroatoms. The molecule has 0 amide bonds. The summed E-state index contributed by atoms with van der Waals surface area (Å²) in [5, 5.41) is 30.4. The molecule has 0 aliphatic carbocycles. The van der Waals surface area contributed by atoms with E-state index >= 15 is 0 Å². The Morgan fingerprint density at radius 1 is 0.913 bits per heavy atom. The van der Waals surface area contributed by atoms with Gasteiger partial charge in [0.25, 0.3) is 0 Å². The van der Waals surface area contributed by atoms with E-state index < -0.39 is 0 Å². The molecule has 3 N–H and O–H groups in total. The standard InChI is InChI=1S/C19H28O4/c1-5-6-7-8-9-10-14(20)18-16(22)11-15(21)17(19(18)23)13(4)12(2)3/h11,21-23H,5-10H2,1-4H3. The summed E-state index contributed by atoms with van der Waals surface area (Å²) in [5.41, 5.74) is 1.74. The van der Waals surface area contributed by atoms with E-state index in [4.69, 9.17) is 0 Å². The van der Waals surface area contributed by atoms with Crippen LogP contribution in [0.1, 0.15) is 82.1 Å². The van der Waals surface area contributed by atoms with Crippen LogP contribution in [0.4, 0.5) is 0 Å². The van der Waals surface area contributed by atoms with Crippen molar-refractivity contribution < 1.29 is 20.1 Å². The summed E-state index contributed by atoms with van der Waals surface area (Å²) in [6.07, 6.45) is 5.34. The first-order valence-corrected chi connectivity index (χ1v) is 8.26. The van der Waals surface area contributed by atoms with Crippen molar-refractivity contribution in [2.75, 3.05) is 0 Å². The van der Waals surface area contributed by atoms with Gasteiger partial charge in [0.1, 0.15) is 22.8 Å². The number of benzene rings is 1. The SMILES string of the molecule is CCCCCCCC(=O)c1c(O)cc(O)c(C(C)=C(C)C)c1O. The van der Waals surface area contributed by atoms with Crippen molar-refractivity contribution in [3.8, 4) is 17.2 Å². The lowest BCUT2D eigenvalue weighted by atomic mass is 9.94. The van der Waals surface area contributed by atoms with Crippen molar-refractivity contribution in [3.63, 3.8) is 0 Å². The number of carbonyl (C=O) groups excluding carboxylic acids is 1. The molecular formula is C19H28O4.